The van der Waals surface area contributed by atoms with Crippen LogP contribution >= 0.6 is 35.4 Å². The molecule has 1 N–H and O–H groups in total. The van der Waals surface area contributed by atoms with Gasteiger partial charge in [-0.3, -0.25) is 9.25 Å². The monoisotopic (exact) mass is 326 g/mol. The molecule has 0 saturated carbocycles. The summed E-state index contributed by atoms with van der Waals surface area (Å²) < 4.78 is 4.33. The van der Waals surface area contributed by atoms with Crippen LogP contribution in [0.1, 0.15) is 12.6 Å². The summed E-state index contributed by atoms with van der Waals surface area (Å²) in [4.78, 5) is 3.15. The van der Waals surface area contributed by atoms with Crippen LogP contribution in [0.2, 0.25) is 10.0 Å². The van der Waals surface area contributed by atoms with E-state index in [1.54, 1.807) is 10.7 Å². The van der Waals surface area contributed by atoms with Crippen LogP contribution in [0.3, 0.4) is 0 Å². The Labute approximate surface area is 130 Å². The largest absolute Gasteiger partial charge is 0.330 e. The molecule has 2 aromatic heterocycles. The number of fused-ring (bicyclic) bond motifs is 1. The molecular weight excluding hydrogens is 315 g/mol. The summed E-state index contributed by atoms with van der Waals surface area (Å²) in [5.74, 6) is 0. The van der Waals surface area contributed by atoms with Crippen molar-refractivity contribution in [3.63, 3.8) is 0 Å². The van der Waals surface area contributed by atoms with Crippen LogP contribution in [0, 0.1) is 4.77 Å². The molecule has 0 fully saturated rings. The minimum Gasteiger partial charge on any atom is -0.330 e. The van der Waals surface area contributed by atoms with Crippen LogP contribution in [-0.4, -0.2) is 19.3 Å². The van der Waals surface area contributed by atoms with Crippen molar-refractivity contribution in [2.45, 2.75) is 13.3 Å². The van der Waals surface area contributed by atoms with E-state index in [1.165, 1.54) is 0 Å². The van der Waals surface area contributed by atoms with E-state index in [9.17, 15) is 0 Å². The predicted molar refractivity (Wildman–Crippen MR) is 84.6 cm³/mol. The first-order valence-electron chi connectivity index (χ1n) is 6.14. The summed E-state index contributed by atoms with van der Waals surface area (Å²) in [5, 5.41) is 5.46. The van der Waals surface area contributed by atoms with Crippen molar-refractivity contribution in [2.75, 3.05) is 0 Å². The molecule has 7 heteroatoms. The molecule has 0 aliphatic heterocycles. The third kappa shape index (κ3) is 2.06. The number of halogens is 2. The van der Waals surface area contributed by atoms with Gasteiger partial charge in [0.15, 0.2) is 4.77 Å². The van der Waals surface area contributed by atoms with Gasteiger partial charge in [0.25, 0.3) is 0 Å². The fourth-order valence-electron chi connectivity index (χ4n) is 2.30. The Balaban J connectivity index is 2.38. The molecule has 0 bridgehead atoms. The Morgan fingerprint density at radius 3 is 2.70 bits per heavy atom. The highest BCUT2D eigenvalue weighted by molar-refractivity contribution is 7.71. The summed E-state index contributed by atoms with van der Waals surface area (Å²) in [6.45, 7) is 2.06. The predicted octanol–water partition coefficient (Wildman–Crippen LogP) is 4.29. The number of nitrogens with zero attached hydrogens (tertiary/aromatic N) is 3. The van der Waals surface area contributed by atoms with Crippen molar-refractivity contribution in [1.82, 2.24) is 19.3 Å². The minimum absolute atomic E-state index is 0.504. The molecule has 20 heavy (non-hydrogen) atoms. The third-order valence-electron chi connectivity index (χ3n) is 3.18. The highest BCUT2D eigenvalue weighted by Gasteiger charge is 2.14. The summed E-state index contributed by atoms with van der Waals surface area (Å²) in [5.41, 5.74) is 3.70. The molecule has 4 nitrogen and oxygen atoms in total. The lowest BCUT2D eigenvalue weighted by atomic mass is 10.2. The van der Waals surface area contributed by atoms with Gasteiger partial charge in [-0.15, -0.1) is 0 Å². The zero-order valence-electron chi connectivity index (χ0n) is 10.9. The number of benzene rings is 1. The van der Waals surface area contributed by atoms with Crippen molar-refractivity contribution in [3.8, 4) is 5.69 Å². The first-order chi connectivity index (χ1) is 9.51. The Bertz CT molecular complexity index is 859. The number of imidazole rings is 1. The quantitative estimate of drug-likeness (QED) is 0.713. The molecule has 1 aromatic carbocycles. The molecule has 0 spiro atoms. The van der Waals surface area contributed by atoms with Gasteiger partial charge in [-0.25, -0.2) is 0 Å². The van der Waals surface area contributed by atoms with Crippen molar-refractivity contribution in [2.24, 2.45) is 7.05 Å². The van der Waals surface area contributed by atoms with E-state index in [0.717, 1.165) is 28.8 Å². The number of hydrogen-bond acceptors (Lipinski definition) is 2. The lowest BCUT2D eigenvalue weighted by molar-refractivity contribution is 0.746. The van der Waals surface area contributed by atoms with Gasteiger partial charge in [0.2, 0.25) is 0 Å². The number of rotatable bonds is 2. The molecule has 0 radical (unpaired) electrons. The number of aromatic nitrogens is 4. The lowest BCUT2D eigenvalue weighted by Crippen LogP contribution is -1.96. The number of aryl methyl sites for hydroxylation is 2. The molecule has 3 rings (SSSR count). The van der Waals surface area contributed by atoms with Gasteiger partial charge >= 0.3 is 0 Å². The summed E-state index contributed by atoms with van der Waals surface area (Å²) in [7, 11) is 1.89. The molecule has 0 unspecified atom stereocenters. The third-order valence-corrected chi connectivity index (χ3v) is 4.19. The zero-order chi connectivity index (χ0) is 14.4. The molecule has 0 amide bonds. The van der Waals surface area contributed by atoms with Crippen LogP contribution in [-0.2, 0) is 13.5 Å². The lowest BCUT2D eigenvalue weighted by Gasteiger charge is -2.04. The second kappa shape index (κ2) is 4.91. The molecule has 0 aliphatic carbocycles. The van der Waals surface area contributed by atoms with E-state index < -0.39 is 0 Å². The van der Waals surface area contributed by atoms with Crippen LogP contribution < -0.4 is 0 Å². The maximum Gasteiger partial charge on any atom is 0.182 e. The van der Waals surface area contributed by atoms with Gasteiger partial charge < -0.3 is 4.98 Å². The molecular formula is C13H12Cl2N4S. The Hall–Kier alpha value is -1.30. The van der Waals surface area contributed by atoms with Gasteiger partial charge in [-0.1, -0.05) is 30.1 Å². The van der Waals surface area contributed by atoms with Crippen molar-refractivity contribution >= 4 is 46.5 Å². The van der Waals surface area contributed by atoms with Gasteiger partial charge in [-0.05, 0) is 30.8 Å². The smallest absolute Gasteiger partial charge is 0.182 e. The van der Waals surface area contributed by atoms with Gasteiger partial charge in [-0.2, -0.15) is 5.10 Å². The minimum atomic E-state index is 0.504. The standard InChI is InChI=1S/C13H12Cl2N4S/c1-3-9-12(6-18(2)17-9)19-11-5-8(15)7(14)4-10(11)16-13(19)20/h4-6H,3H2,1-2H3,(H,16,20). The van der Waals surface area contributed by atoms with E-state index in [4.69, 9.17) is 35.4 Å². The maximum atomic E-state index is 6.12. The second-order valence-electron chi connectivity index (χ2n) is 4.54. The first kappa shape index (κ1) is 13.7. The summed E-state index contributed by atoms with van der Waals surface area (Å²) in [6, 6.07) is 3.60. The van der Waals surface area contributed by atoms with Crippen LogP contribution in [0.15, 0.2) is 18.3 Å². The number of aromatic amines is 1. The fourth-order valence-corrected chi connectivity index (χ4v) is 2.93. The zero-order valence-corrected chi connectivity index (χ0v) is 13.3. The van der Waals surface area contributed by atoms with Gasteiger partial charge in [0.1, 0.15) is 0 Å². The molecule has 3 aromatic rings. The van der Waals surface area contributed by atoms with Crippen molar-refractivity contribution in [3.05, 3.63) is 38.8 Å². The van der Waals surface area contributed by atoms with Gasteiger partial charge in [0.05, 0.1) is 32.5 Å². The number of nitrogens with one attached hydrogen (secondary N) is 1. The second-order valence-corrected chi connectivity index (χ2v) is 5.74. The maximum absolute atomic E-state index is 6.12. The van der Waals surface area contributed by atoms with E-state index in [0.29, 0.717) is 14.8 Å². The fraction of sp³-hybridized carbons (Fsp3) is 0.231. The van der Waals surface area contributed by atoms with Crippen LogP contribution in [0.5, 0.6) is 0 Å². The average molecular weight is 327 g/mol. The van der Waals surface area contributed by atoms with E-state index in [1.807, 2.05) is 23.9 Å². The summed E-state index contributed by atoms with van der Waals surface area (Å²) in [6.07, 6.45) is 2.77. The topological polar surface area (TPSA) is 38.5 Å². The number of hydrogen-bond donors (Lipinski definition) is 1. The average Bonchev–Trinajstić information content (AvgIpc) is 2.89. The number of H-pyrrole nitrogens is 1. The van der Waals surface area contributed by atoms with E-state index in [2.05, 4.69) is 17.0 Å². The molecule has 0 aliphatic rings. The molecule has 0 atom stereocenters. The SMILES string of the molecule is CCc1nn(C)cc1-n1c(=S)[nH]c2cc(Cl)c(Cl)cc21. The molecule has 2 heterocycles. The highest BCUT2D eigenvalue weighted by Crippen LogP contribution is 2.29. The van der Waals surface area contributed by atoms with Crippen molar-refractivity contribution in [1.29, 1.82) is 0 Å². The molecule has 104 valence electrons. The molecule has 0 saturated heterocycles. The highest BCUT2D eigenvalue weighted by atomic mass is 35.5. The van der Waals surface area contributed by atoms with E-state index >= 15 is 0 Å². The summed E-state index contributed by atoms with van der Waals surface area (Å²) >= 11 is 17.6. The normalized spacial score (nSPS) is 11.4. The Morgan fingerprint density at radius 2 is 2.00 bits per heavy atom. The van der Waals surface area contributed by atoms with Crippen LogP contribution in [0.4, 0.5) is 0 Å². The van der Waals surface area contributed by atoms with Crippen LogP contribution in [0.25, 0.3) is 16.7 Å². The first-order valence-corrected chi connectivity index (χ1v) is 7.30. The van der Waals surface area contributed by atoms with Gasteiger partial charge in [0, 0.05) is 13.2 Å². The Morgan fingerprint density at radius 1 is 1.30 bits per heavy atom. The Kier molecular flexibility index (Phi) is 3.36. The van der Waals surface area contributed by atoms with Crippen molar-refractivity contribution < 1.29 is 0 Å². The van der Waals surface area contributed by atoms with E-state index in [-0.39, 0.29) is 0 Å².